The molecule has 0 aromatic rings. The Morgan fingerprint density at radius 3 is 2.67 bits per heavy atom. The molecule has 1 aliphatic rings. The second kappa shape index (κ2) is 1.43. The van der Waals surface area contributed by atoms with Crippen molar-refractivity contribution < 1.29 is 0 Å². The van der Waals surface area contributed by atoms with E-state index >= 15 is 0 Å². The largest absolute Gasteiger partial charge is 0.113 e. The molecule has 0 heterocycles. The Bertz CT molecular complexity index is 136. The van der Waals surface area contributed by atoms with Crippen LogP contribution in [0.3, 0.4) is 0 Å². The zero-order chi connectivity index (χ0) is 4.41. The lowest BCUT2D eigenvalue weighted by atomic mass is 10.6. The van der Waals surface area contributed by atoms with Crippen molar-refractivity contribution in [3.8, 4) is 0 Å². The molecule has 0 nitrogen and oxygen atoms in total. The zero-order valence-electron chi connectivity index (χ0n) is 3.31. The topological polar surface area (TPSA) is 0 Å². The van der Waals surface area contributed by atoms with Gasteiger partial charge in [-0.2, -0.15) is 0 Å². The first-order valence-corrected chi connectivity index (χ1v) is 2.36. The lowest BCUT2D eigenvalue weighted by Gasteiger charge is -1.69. The van der Waals surface area contributed by atoms with Gasteiger partial charge in [0.2, 0.25) is 0 Å². The maximum absolute atomic E-state index is 2.96. The summed E-state index contributed by atoms with van der Waals surface area (Å²) in [6.07, 6.45) is 5.84. The summed E-state index contributed by atoms with van der Waals surface area (Å²) in [4.78, 5) is 0. The van der Waals surface area contributed by atoms with Gasteiger partial charge in [0.15, 0.2) is 0 Å². The number of allylic oxidation sites excluding steroid dienone is 3. The molecule has 30 valence electrons. The predicted octanol–water partition coefficient (Wildman–Crippen LogP) is 1.47. The summed E-state index contributed by atoms with van der Waals surface area (Å²) in [5, 5.41) is 1.13. The van der Waals surface area contributed by atoms with Crippen molar-refractivity contribution in [3.05, 3.63) is 29.3 Å². The molecule has 0 bridgehead atoms. The number of rotatable bonds is 0. The summed E-state index contributed by atoms with van der Waals surface area (Å²) in [5.74, 6) is 0. The van der Waals surface area contributed by atoms with Gasteiger partial charge < -0.3 is 0 Å². The average molecular weight is 96.1 g/mol. The lowest BCUT2D eigenvalue weighted by molar-refractivity contribution is 2.05. The van der Waals surface area contributed by atoms with Gasteiger partial charge in [-0.1, -0.05) is 15.3 Å². The second-order valence-electron chi connectivity index (χ2n) is 1.13. The van der Waals surface area contributed by atoms with Gasteiger partial charge in [-0.05, 0) is 12.2 Å². The standard InChI is InChI=1S/C5H5P/c6-5-3-1-2-4-5/h1-3H,6H2. The summed E-state index contributed by atoms with van der Waals surface area (Å²) in [7, 11) is 2.56. The second-order valence-corrected chi connectivity index (χ2v) is 1.75. The van der Waals surface area contributed by atoms with E-state index in [1.165, 1.54) is 0 Å². The van der Waals surface area contributed by atoms with Gasteiger partial charge in [-0.25, -0.2) is 0 Å². The van der Waals surface area contributed by atoms with Gasteiger partial charge in [0.05, 0.1) is 0 Å². The fraction of sp³-hybridized carbons (Fsp3) is 0. The van der Waals surface area contributed by atoms with Crippen LogP contribution in [-0.2, 0) is 0 Å². The van der Waals surface area contributed by atoms with Gasteiger partial charge >= 0.3 is 0 Å². The Morgan fingerprint density at radius 1 is 1.67 bits per heavy atom. The summed E-state index contributed by atoms with van der Waals surface area (Å²) < 4.78 is 0. The van der Waals surface area contributed by atoms with Gasteiger partial charge in [0, 0.05) is 5.31 Å². The third-order valence-electron chi connectivity index (χ3n) is 0.622. The molecule has 0 amide bonds. The number of hydrogen-bond acceptors (Lipinski definition) is 0. The molecule has 0 saturated heterocycles. The summed E-state index contributed by atoms with van der Waals surface area (Å²) >= 11 is 0. The van der Waals surface area contributed by atoms with E-state index in [2.05, 4.69) is 15.0 Å². The van der Waals surface area contributed by atoms with Gasteiger partial charge in [-0.15, -0.1) is 5.73 Å². The smallest absolute Gasteiger partial charge is 0.0112 e. The fourth-order valence-electron chi connectivity index (χ4n) is 0.344. The molecule has 0 N–H and O–H groups in total. The monoisotopic (exact) mass is 96.0 g/mol. The van der Waals surface area contributed by atoms with E-state index in [1.807, 2.05) is 18.2 Å². The summed E-state index contributed by atoms with van der Waals surface area (Å²) in [6.45, 7) is 0. The molecule has 0 radical (unpaired) electrons. The molecule has 0 aliphatic heterocycles. The summed E-state index contributed by atoms with van der Waals surface area (Å²) in [5.41, 5.74) is 2.96. The highest BCUT2D eigenvalue weighted by molar-refractivity contribution is 7.22. The van der Waals surface area contributed by atoms with Crippen LogP contribution in [0, 0.1) is 0 Å². The molecule has 6 heavy (non-hydrogen) atoms. The molecule has 1 aliphatic carbocycles. The SMILES string of the molecule is PC1=C=CC=C1. The lowest BCUT2D eigenvalue weighted by Crippen LogP contribution is -1.41. The van der Waals surface area contributed by atoms with Crippen LogP contribution in [0.5, 0.6) is 0 Å². The molecular weight excluding hydrogens is 91.0 g/mol. The Hall–Kier alpha value is -0.310. The van der Waals surface area contributed by atoms with E-state index in [9.17, 15) is 0 Å². The van der Waals surface area contributed by atoms with Gasteiger partial charge in [-0.3, -0.25) is 0 Å². The van der Waals surface area contributed by atoms with Gasteiger partial charge in [0.25, 0.3) is 0 Å². The Labute approximate surface area is 39.5 Å². The van der Waals surface area contributed by atoms with Gasteiger partial charge in [0.1, 0.15) is 0 Å². The molecule has 0 fully saturated rings. The number of hydrogen-bond donors (Lipinski definition) is 0. The van der Waals surface area contributed by atoms with E-state index in [0.717, 1.165) is 5.31 Å². The highest BCUT2D eigenvalue weighted by Gasteiger charge is 1.77. The molecule has 1 heteroatoms. The molecule has 1 atom stereocenters. The van der Waals surface area contributed by atoms with Crippen molar-refractivity contribution in [2.75, 3.05) is 0 Å². The van der Waals surface area contributed by atoms with Crippen LogP contribution in [0.1, 0.15) is 0 Å². The molecular formula is C5H5P. The van der Waals surface area contributed by atoms with E-state index in [0.29, 0.717) is 0 Å². The first-order chi connectivity index (χ1) is 2.89. The molecule has 1 unspecified atom stereocenters. The molecule has 1 rings (SSSR count). The van der Waals surface area contributed by atoms with Crippen molar-refractivity contribution in [2.24, 2.45) is 0 Å². The first kappa shape index (κ1) is 3.87. The van der Waals surface area contributed by atoms with Crippen LogP contribution in [0.15, 0.2) is 29.3 Å². The minimum absolute atomic E-state index is 1.13. The Morgan fingerprint density at radius 2 is 2.50 bits per heavy atom. The van der Waals surface area contributed by atoms with Crippen LogP contribution >= 0.6 is 9.24 Å². The van der Waals surface area contributed by atoms with Crippen molar-refractivity contribution >= 4 is 9.24 Å². The van der Waals surface area contributed by atoms with Crippen LogP contribution in [-0.4, -0.2) is 0 Å². The van der Waals surface area contributed by atoms with Crippen molar-refractivity contribution in [2.45, 2.75) is 0 Å². The van der Waals surface area contributed by atoms with Crippen molar-refractivity contribution in [1.82, 2.24) is 0 Å². The van der Waals surface area contributed by atoms with E-state index in [-0.39, 0.29) is 0 Å². The quantitative estimate of drug-likeness (QED) is 0.316. The third-order valence-corrected chi connectivity index (χ3v) is 0.981. The maximum Gasteiger partial charge on any atom is 0.0112 e. The average Bonchev–Trinajstić information content (AvgIpc) is 1.86. The van der Waals surface area contributed by atoms with Crippen molar-refractivity contribution in [1.29, 1.82) is 0 Å². The predicted molar refractivity (Wildman–Crippen MR) is 30.4 cm³/mol. The zero-order valence-corrected chi connectivity index (χ0v) is 4.46. The van der Waals surface area contributed by atoms with E-state index in [1.54, 1.807) is 0 Å². The van der Waals surface area contributed by atoms with Crippen LogP contribution in [0.2, 0.25) is 0 Å². The van der Waals surface area contributed by atoms with E-state index in [4.69, 9.17) is 0 Å². The van der Waals surface area contributed by atoms with Crippen LogP contribution < -0.4 is 0 Å². The highest BCUT2D eigenvalue weighted by Crippen LogP contribution is 2.07. The minimum atomic E-state index is 1.13. The Kier molecular flexibility index (Phi) is 0.919. The highest BCUT2D eigenvalue weighted by atomic mass is 31.0. The molecule has 0 saturated carbocycles. The van der Waals surface area contributed by atoms with Crippen molar-refractivity contribution in [3.63, 3.8) is 0 Å². The molecule has 0 aromatic carbocycles. The minimum Gasteiger partial charge on any atom is -0.113 e. The van der Waals surface area contributed by atoms with E-state index < -0.39 is 0 Å². The molecule has 0 aromatic heterocycles. The Balaban J connectivity index is 2.98. The van der Waals surface area contributed by atoms with Crippen LogP contribution in [0.25, 0.3) is 0 Å². The van der Waals surface area contributed by atoms with Crippen LogP contribution in [0.4, 0.5) is 0 Å². The third kappa shape index (κ3) is 0.597. The fourth-order valence-corrected chi connectivity index (χ4v) is 0.552. The molecule has 0 spiro atoms. The summed E-state index contributed by atoms with van der Waals surface area (Å²) in [6, 6.07) is 0. The normalized spacial score (nSPS) is 15.8. The maximum atomic E-state index is 2.96. The first-order valence-electron chi connectivity index (χ1n) is 1.78.